The monoisotopic (exact) mass is 251 g/mol. The number of aromatic nitrogens is 1. The number of carbonyl (C=O) groups is 1. The highest BCUT2D eigenvalue weighted by Crippen LogP contribution is 2.11. The number of aromatic amines is 1. The van der Waals surface area contributed by atoms with Gasteiger partial charge < -0.3 is 15.2 Å². The number of amides is 1. The van der Waals surface area contributed by atoms with Crippen LogP contribution in [0.1, 0.15) is 41.9 Å². The molecule has 0 aliphatic rings. The van der Waals surface area contributed by atoms with E-state index < -0.39 is 0 Å². The van der Waals surface area contributed by atoms with E-state index in [1.165, 1.54) is 0 Å². The number of aryl methyl sites for hydroxylation is 2. The molecule has 0 saturated carbocycles. The fourth-order valence-corrected chi connectivity index (χ4v) is 2.14. The third-order valence-electron chi connectivity index (χ3n) is 3.33. The van der Waals surface area contributed by atoms with Crippen molar-refractivity contribution < 1.29 is 4.79 Å². The molecule has 0 radical (unpaired) electrons. The van der Waals surface area contributed by atoms with E-state index in [0.29, 0.717) is 0 Å². The number of carbonyl (C=O) groups excluding carboxylic acids is 1. The SMILES string of the molecule is CCN(CC)CCCNC(=O)c1c(C)c[nH]c1C. The third-order valence-corrected chi connectivity index (χ3v) is 3.33. The van der Waals surface area contributed by atoms with Crippen molar-refractivity contribution in [1.29, 1.82) is 0 Å². The summed E-state index contributed by atoms with van der Waals surface area (Å²) in [5.74, 6) is 0.0331. The van der Waals surface area contributed by atoms with Gasteiger partial charge in [-0.25, -0.2) is 0 Å². The van der Waals surface area contributed by atoms with Crippen LogP contribution in [0.3, 0.4) is 0 Å². The van der Waals surface area contributed by atoms with E-state index in [9.17, 15) is 4.79 Å². The molecule has 0 aromatic carbocycles. The van der Waals surface area contributed by atoms with E-state index >= 15 is 0 Å². The van der Waals surface area contributed by atoms with Gasteiger partial charge in [-0.3, -0.25) is 4.79 Å². The zero-order chi connectivity index (χ0) is 13.5. The second-order valence-corrected chi connectivity index (χ2v) is 4.61. The van der Waals surface area contributed by atoms with Crippen molar-refractivity contribution in [3.63, 3.8) is 0 Å². The molecule has 0 atom stereocenters. The second kappa shape index (κ2) is 7.21. The summed E-state index contributed by atoms with van der Waals surface area (Å²) < 4.78 is 0. The molecule has 0 unspecified atom stereocenters. The van der Waals surface area contributed by atoms with Crippen LogP contribution in [-0.4, -0.2) is 42.0 Å². The van der Waals surface area contributed by atoms with Crippen molar-refractivity contribution in [2.24, 2.45) is 0 Å². The lowest BCUT2D eigenvalue weighted by molar-refractivity contribution is 0.0951. The fraction of sp³-hybridized carbons (Fsp3) is 0.643. The van der Waals surface area contributed by atoms with Crippen LogP contribution in [0.25, 0.3) is 0 Å². The topological polar surface area (TPSA) is 48.1 Å². The summed E-state index contributed by atoms with van der Waals surface area (Å²) in [6.45, 7) is 12.1. The standard InChI is InChI=1S/C14H25N3O/c1-5-17(6-2)9-7-8-15-14(18)13-11(3)10-16-12(13)4/h10,16H,5-9H2,1-4H3,(H,15,18). The number of rotatable bonds is 7. The highest BCUT2D eigenvalue weighted by molar-refractivity contribution is 5.96. The third kappa shape index (κ3) is 3.88. The molecule has 18 heavy (non-hydrogen) atoms. The van der Waals surface area contributed by atoms with Crippen molar-refractivity contribution in [1.82, 2.24) is 15.2 Å². The molecule has 2 N–H and O–H groups in total. The minimum absolute atomic E-state index is 0.0331. The van der Waals surface area contributed by atoms with Crippen LogP contribution in [0.2, 0.25) is 0 Å². The number of hydrogen-bond acceptors (Lipinski definition) is 2. The number of nitrogens with zero attached hydrogens (tertiary/aromatic N) is 1. The molecule has 0 spiro atoms. The van der Waals surface area contributed by atoms with Crippen LogP contribution in [-0.2, 0) is 0 Å². The van der Waals surface area contributed by atoms with E-state index in [2.05, 4.69) is 29.0 Å². The molecule has 4 nitrogen and oxygen atoms in total. The minimum Gasteiger partial charge on any atom is -0.364 e. The average molecular weight is 251 g/mol. The maximum Gasteiger partial charge on any atom is 0.253 e. The predicted molar refractivity (Wildman–Crippen MR) is 75.0 cm³/mol. The van der Waals surface area contributed by atoms with Gasteiger partial charge in [-0.2, -0.15) is 0 Å². The molecule has 0 fully saturated rings. The van der Waals surface area contributed by atoms with Crippen molar-refractivity contribution in [3.8, 4) is 0 Å². The Bertz CT molecular complexity index is 361. The van der Waals surface area contributed by atoms with Crippen molar-refractivity contribution >= 4 is 5.91 Å². The molecule has 102 valence electrons. The van der Waals surface area contributed by atoms with Gasteiger partial charge in [0.1, 0.15) is 0 Å². The normalized spacial score (nSPS) is 10.9. The van der Waals surface area contributed by atoms with Crippen LogP contribution < -0.4 is 5.32 Å². The summed E-state index contributed by atoms with van der Waals surface area (Å²) >= 11 is 0. The first-order valence-electron chi connectivity index (χ1n) is 6.75. The molecule has 0 aliphatic carbocycles. The highest BCUT2D eigenvalue weighted by atomic mass is 16.1. The van der Waals surface area contributed by atoms with Crippen LogP contribution >= 0.6 is 0 Å². The predicted octanol–water partition coefficient (Wildman–Crippen LogP) is 2.09. The summed E-state index contributed by atoms with van der Waals surface area (Å²) in [6, 6.07) is 0. The van der Waals surface area contributed by atoms with Gasteiger partial charge in [-0.15, -0.1) is 0 Å². The zero-order valence-corrected chi connectivity index (χ0v) is 12.0. The Hall–Kier alpha value is -1.29. The highest BCUT2D eigenvalue weighted by Gasteiger charge is 2.12. The summed E-state index contributed by atoms with van der Waals surface area (Å²) in [6.07, 6.45) is 2.87. The molecule has 4 heteroatoms. The van der Waals surface area contributed by atoms with E-state index in [1.807, 2.05) is 20.0 Å². The Morgan fingerprint density at radius 3 is 2.50 bits per heavy atom. The van der Waals surface area contributed by atoms with Gasteiger partial charge in [0.25, 0.3) is 5.91 Å². The largest absolute Gasteiger partial charge is 0.364 e. The van der Waals surface area contributed by atoms with Crippen LogP contribution in [0.15, 0.2) is 6.20 Å². The van der Waals surface area contributed by atoms with Gasteiger partial charge >= 0.3 is 0 Å². The maximum absolute atomic E-state index is 12.0. The van der Waals surface area contributed by atoms with E-state index in [4.69, 9.17) is 0 Å². The maximum atomic E-state index is 12.0. The quantitative estimate of drug-likeness (QED) is 0.729. The van der Waals surface area contributed by atoms with E-state index in [-0.39, 0.29) is 5.91 Å². The summed E-state index contributed by atoms with van der Waals surface area (Å²) in [5.41, 5.74) is 2.74. The first-order chi connectivity index (χ1) is 8.60. The van der Waals surface area contributed by atoms with Gasteiger partial charge in [-0.05, 0) is 45.5 Å². The summed E-state index contributed by atoms with van der Waals surface area (Å²) in [5, 5.41) is 2.98. The van der Waals surface area contributed by atoms with Crippen molar-refractivity contribution in [3.05, 3.63) is 23.0 Å². The number of hydrogen-bond donors (Lipinski definition) is 2. The van der Waals surface area contributed by atoms with Crippen molar-refractivity contribution in [2.75, 3.05) is 26.2 Å². The van der Waals surface area contributed by atoms with Gasteiger partial charge in [0, 0.05) is 18.4 Å². The molecule has 0 saturated heterocycles. The molecule has 1 aromatic heterocycles. The smallest absolute Gasteiger partial charge is 0.253 e. The first kappa shape index (κ1) is 14.8. The zero-order valence-electron chi connectivity index (χ0n) is 12.0. The second-order valence-electron chi connectivity index (χ2n) is 4.61. The molecule has 0 aliphatic heterocycles. The molecule has 0 bridgehead atoms. The average Bonchev–Trinajstić information content (AvgIpc) is 2.69. The van der Waals surface area contributed by atoms with Gasteiger partial charge in [-0.1, -0.05) is 13.8 Å². The Morgan fingerprint density at radius 1 is 1.33 bits per heavy atom. The van der Waals surface area contributed by atoms with Crippen LogP contribution in [0.5, 0.6) is 0 Å². The molecule has 1 aromatic rings. The molecule has 1 heterocycles. The van der Waals surface area contributed by atoms with Gasteiger partial charge in [0.15, 0.2) is 0 Å². The molecule has 1 amide bonds. The van der Waals surface area contributed by atoms with E-state index in [1.54, 1.807) is 0 Å². The fourth-order valence-electron chi connectivity index (χ4n) is 2.14. The molecular weight excluding hydrogens is 226 g/mol. The number of H-pyrrole nitrogens is 1. The minimum atomic E-state index is 0.0331. The summed E-state index contributed by atoms with van der Waals surface area (Å²) in [7, 11) is 0. The lowest BCUT2D eigenvalue weighted by Gasteiger charge is -2.17. The Labute approximate surface area is 110 Å². The molecule has 1 rings (SSSR count). The van der Waals surface area contributed by atoms with Crippen molar-refractivity contribution in [2.45, 2.75) is 34.1 Å². The van der Waals surface area contributed by atoms with E-state index in [0.717, 1.165) is 49.4 Å². The number of nitrogens with one attached hydrogen (secondary N) is 2. The lowest BCUT2D eigenvalue weighted by Crippen LogP contribution is -2.30. The van der Waals surface area contributed by atoms with Gasteiger partial charge in [0.2, 0.25) is 0 Å². The molecular formula is C14H25N3O. The Morgan fingerprint density at radius 2 is 2.00 bits per heavy atom. The summed E-state index contributed by atoms with van der Waals surface area (Å²) in [4.78, 5) is 17.4. The van der Waals surface area contributed by atoms with Gasteiger partial charge in [0.05, 0.1) is 5.56 Å². The van der Waals surface area contributed by atoms with Crippen LogP contribution in [0.4, 0.5) is 0 Å². The lowest BCUT2D eigenvalue weighted by atomic mass is 10.1. The first-order valence-corrected chi connectivity index (χ1v) is 6.75. The Balaban J connectivity index is 2.34. The Kier molecular flexibility index (Phi) is 5.92. The van der Waals surface area contributed by atoms with Crippen LogP contribution in [0, 0.1) is 13.8 Å².